The Morgan fingerprint density at radius 2 is 2.00 bits per heavy atom. The molecule has 1 fully saturated rings. The topological polar surface area (TPSA) is 42.9 Å². The maximum absolute atomic E-state index is 5.41. The van der Waals surface area contributed by atoms with Crippen molar-refractivity contribution >= 4 is 16.9 Å². The molecule has 4 nitrogen and oxygen atoms in total. The normalized spacial score (nSPS) is 18.6. The Morgan fingerprint density at radius 3 is 2.57 bits per heavy atom. The molecule has 0 spiro atoms. The highest BCUT2D eigenvalue weighted by Crippen LogP contribution is 2.30. The van der Waals surface area contributed by atoms with Crippen molar-refractivity contribution in [2.45, 2.75) is 38.8 Å². The molecule has 1 aromatic rings. The number of nitrogens with one attached hydrogen (secondary N) is 1. The van der Waals surface area contributed by atoms with Gasteiger partial charge in [0.25, 0.3) is 0 Å². The summed E-state index contributed by atoms with van der Waals surface area (Å²) >= 11 is 1.81. The minimum atomic E-state index is 0.216. The SMILES string of the molecule is CCC1(CC)CSC(=NCc2ccc(OC)cc2OC)N1. The molecule has 1 N–H and O–H groups in total. The van der Waals surface area contributed by atoms with Crippen LogP contribution in [0.25, 0.3) is 0 Å². The van der Waals surface area contributed by atoms with Crippen molar-refractivity contribution in [3.8, 4) is 11.5 Å². The van der Waals surface area contributed by atoms with Crippen LogP contribution in [0, 0.1) is 0 Å². The van der Waals surface area contributed by atoms with Crippen LogP contribution in [0.4, 0.5) is 0 Å². The van der Waals surface area contributed by atoms with Crippen molar-refractivity contribution in [1.82, 2.24) is 5.32 Å². The second-order valence-electron chi connectivity index (χ2n) is 5.20. The molecule has 1 heterocycles. The van der Waals surface area contributed by atoms with Gasteiger partial charge in [0.15, 0.2) is 5.17 Å². The number of hydrogen-bond donors (Lipinski definition) is 1. The molecule has 0 saturated carbocycles. The number of hydrogen-bond acceptors (Lipinski definition) is 4. The van der Waals surface area contributed by atoms with E-state index >= 15 is 0 Å². The molecule has 0 unspecified atom stereocenters. The Morgan fingerprint density at radius 1 is 1.24 bits per heavy atom. The van der Waals surface area contributed by atoms with Gasteiger partial charge in [0.05, 0.1) is 20.8 Å². The highest BCUT2D eigenvalue weighted by Gasteiger charge is 2.33. The lowest BCUT2D eigenvalue weighted by molar-refractivity contribution is 0.391. The smallest absolute Gasteiger partial charge is 0.157 e. The Hall–Kier alpha value is -1.36. The zero-order valence-electron chi connectivity index (χ0n) is 13.2. The molecule has 1 saturated heterocycles. The zero-order chi connectivity index (χ0) is 15.3. The van der Waals surface area contributed by atoms with E-state index in [0.29, 0.717) is 6.54 Å². The van der Waals surface area contributed by atoms with Crippen LogP contribution in [0.2, 0.25) is 0 Å². The van der Waals surface area contributed by atoms with Crippen LogP contribution in [0.5, 0.6) is 11.5 Å². The summed E-state index contributed by atoms with van der Waals surface area (Å²) in [6, 6.07) is 5.84. The van der Waals surface area contributed by atoms with Gasteiger partial charge in [-0.05, 0) is 25.0 Å². The molecule has 0 aromatic heterocycles. The molecule has 5 heteroatoms. The van der Waals surface area contributed by atoms with Crippen molar-refractivity contribution in [2.75, 3.05) is 20.0 Å². The van der Waals surface area contributed by atoms with E-state index in [1.54, 1.807) is 14.2 Å². The van der Waals surface area contributed by atoms with Crippen LogP contribution in [0.1, 0.15) is 32.3 Å². The Balaban J connectivity index is 2.08. The summed E-state index contributed by atoms with van der Waals surface area (Å²) in [4.78, 5) is 4.70. The number of ether oxygens (including phenoxy) is 2. The molecule has 0 aliphatic carbocycles. The van der Waals surface area contributed by atoms with Crippen molar-refractivity contribution in [2.24, 2.45) is 4.99 Å². The van der Waals surface area contributed by atoms with Gasteiger partial charge in [-0.3, -0.25) is 4.99 Å². The van der Waals surface area contributed by atoms with Crippen molar-refractivity contribution in [3.63, 3.8) is 0 Å². The number of methoxy groups -OCH3 is 2. The fraction of sp³-hybridized carbons (Fsp3) is 0.562. The number of thioether (sulfide) groups is 1. The molecule has 2 rings (SSSR count). The van der Waals surface area contributed by atoms with Crippen LogP contribution in [0.3, 0.4) is 0 Å². The third-order valence-corrected chi connectivity index (χ3v) is 5.30. The predicted octanol–water partition coefficient (Wildman–Crippen LogP) is 3.46. The van der Waals surface area contributed by atoms with Gasteiger partial charge in [-0.25, -0.2) is 0 Å². The first-order chi connectivity index (χ1) is 10.2. The molecule has 116 valence electrons. The zero-order valence-corrected chi connectivity index (χ0v) is 14.0. The second kappa shape index (κ2) is 7.07. The first kappa shape index (κ1) is 16.0. The number of rotatable bonds is 6. The third kappa shape index (κ3) is 3.64. The van der Waals surface area contributed by atoms with E-state index in [1.165, 1.54) is 0 Å². The van der Waals surface area contributed by atoms with E-state index in [9.17, 15) is 0 Å². The van der Waals surface area contributed by atoms with Gasteiger partial charge < -0.3 is 14.8 Å². The second-order valence-corrected chi connectivity index (χ2v) is 6.16. The van der Waals surface area contributed by atoms with E-state index in [4.69, 9.17) is 14.5 Å². The summed E-state index contributed by atoms with van der Waals surface area (Å²) in [7, 11) is 3.33. The summed E-state index contributed by atoms with van der Waals surface area (Å²) in [6.45, 7) is 5.07. The average molecular weight is 308 g/mol. The number of aliphatic imine (C=N–C) groups is 1. The van der Waals surface area contributed by atoms with Crippen molar-refractivity contribution in [1.29, 1.82) is 0 Å². The van der Waals surface area contributed by atoms with Gasteiger partial charge in [-0.2, -0.15) is 0 Å². The number of nitrogens with zero attached hydrogens (tertiary/aromatic N) is 1. The number of amidine groups is 1. The standard InChI is InChI=1S/C16H24N2O2S/c1-5-16(6-2)11-21-15(18-16)17-10-12-7-8-13(19-3)9-14(12)20-4/h7-9H,5-6,10-11H2,1-4H3,(H,17,18). The van der Waals surface area contributed by atoms with Crippen LogP contribution in [-0.4, -0.2) is 30.7 Å². The highest BCUT2D eigenvalue weighted by molar-refractivity contribution is 8.14. The van der Waals surface area contributed by atoms with Crippen LogP contribution >= 0.6 is 11.8 Å². The fourth-order valence-electron chi connectivity index (χ4n) is 2.36. The quantitative estimate of drug-likeness (QED) is 0.874. The van der Waals surface area contributed by atoms with Gasteiger partial charge >= 0.3 is 0 Å². The lowest BCUT2D eigenvalue weighted by Crippen LogP contribution is -2.42. The maximum atomic E-state index is 5.41. The van der Waals surface area contributed by atoms with Gasteiger partial charge in [0.2, 0.25) is 0 Å². The van der Waals surface area contributed by atoms with E-state index in [-0.39, 0.29) is 5.54 Å². The number of benzene rings is 1. The molecule has 1 aliphatic rings. The molecule has 0 bridgehead atoms. The molecule has 0 amide bonds. The van der Waals surface area contributed by atoms with E-state index in [2.05, 4.69) is 19.2 Å². The van der Waals surface area contributed by atoms with Crippen molar-refractivity contribution in [3.05, 3.63) is 23.8 Å². The Kier molecular flexibility index (Phi) is 5.39. The largest absolute Gasteiger partial charge is 0.497 e. The maximum Gasteiger partial charge on any atom is 0.157 e. The summed E-state index contributed by atoms with van der Waals surface area (Å²) in [5.74, 6) is 2.71. The third-order valence-electron chi connectivity index (χ3n) is 4.10. The summed E-state index contributed by atoms with van der Waals surface area (Å²) in [5, 5.41) is 4.62. The molecule has 0 radical (unpaired) electrons. The Bertz CT molecular complexity index is 513. The predicted molar refractivity (Wildman–Crippen MR) is 89.6 cm³/mol. The minimum Gasteiger partial charge on any atom is -0.497 e. The highest BCUT2D eigenvalue weighted by atomic mass is 32.2. The molecule has 0 atom stereocenters. The van der Waals surface area contributed by atoms with E-state index in [0.717, 1.165) is 40.8 Å². The first-order valence-corrected chi connectivity index (χ1v) is 8.31. The van der Waals surface area contributed by atoms with Gasteiger partial charge in [-0.15, -0.1) is 0 Å². The van der Waals surface area contributed by atoms with Crippen LogP contribution in [-0.2, 0) is 6.54 Å². The fourth-order valence-corrected chi connectivity index (χ4v) is 3.70. The molecular weight excluding hydrogens is 284 g/mol. The van der Waals surface area contributed by atoms with Gasteiger partial charge in [-0.1, -0.05) is 25.6 Å². The first-order valence-electron chi connectivity index (χ1n) is 7.32. The van der Waals surface area contributed by atoms with Crippen LogP contribution < -0.4 is 14.8 Å². The van der Waals surface area contributed by atoms with Gasteiger partial charge in [0, 0.05) is 22.9 Å². The lowest BCUT2D eigenvalue weighted by Gasteiger charge is -2.25. The monoisotopic (exact) mass is 308 g/mol. The summed E-state index contributed by atoms with van der Waals surface area (Å²) in [5.41, 5.74) is 1.28. The summed E-state index contributed by atoms with van der Waals surface area (Å²) in [6.07, 6.45) is 2.25. The molecule has 1 aromatic carbocycles. The van der Waals surface area contributed by atoms with E-state index in [1.807, 2.05) is 30.0 Å². The average Bonchev–Trinajstić information content (AvgIpc) is 2.97. The van der Waals surface area contributed by atoms with E-state index < -0.39 is 0 Å². The molecule has 21 heavy (non-hydrogen) atoms. The van der Waals surface area contributed by atoms with Gasteiger partial charge in [0.1, 0.15) is 11.5 Å². The lowest BCUT2D eigenvalue weighted by atomic mass is 9.96. The Labute approximate surface area is 131 Å². The van der Waals surface area contributed by atoms with Crippen molar-refractivity contribution < 1.29 is 9.47 Å². The van der Waals surface area contributed by atoms with Crippen LogP contribution in [0.15, 0.2) is 23.2 Å². The molecule has 1 aliphatic heterocycles. The minimum absolute atomic E-state index is 0.216. The molecular formula is C16H24N2O2S. The summed E-state index contributed by atoms with van der Waals surface area (Å²) < 4.78 is 10.6.